The summed E-state index contributed by atoms with van der Waals surface area (Å²) >= 11 is 1.65. The number of rotatable bonds is 6. The van der Waals surface area contributed by atoms with E-state index in [9.17, 15) is 14.9 Å². The Bertz CT molecular complexity index is 1000. The van der Waals surface area contributed by atoms with Gasteiger partial charge in [0.05, 0.1) is 11.0 Å². The average molecular weight is 407 g/mol. The minimum absolute atomic E-state index is 0.0234. The van der Waals surface area contributed by atoms with Crippen molar-refractivity contribution in [2.24, 2.45) is 0 Å². The van der Waals surface area contributed by atoms with E-state index >= 15 is 0 Å². The summed E-state index contributed by atoms with van der Waals surface area (Å²) < 4.78 is 0. The number of hydrogen-bond acceptors (Lipinski definition) is 5. The maximum absolute atomic E-state index is 12.6. The van der Waals surface area contributed by atoms with Crippen molar-refractivity contribution in [3.8, 4) is 0 Å². The number of carbonyl (C=O) groups excluding carboxylic acids is 1. The molecular weight excluding hydrogens is 386 g/mol. The number of fused-ring (bicyclic) bond motifs is 1. The predicted octanol–water partition coefficient (Wildman–Crippen LogP) is 4.19. The Balaban J connectivity index is 1.47. The van der Waals surface area contributed by atoms with E-state index in [4.69, 9.17) is 0 Å². The lowest BCUT2D eigenvalue weighted by Crippen LogP contribution is -2.40. The van der Waals surface area contributed by atoms with Gasteiger partial charge in [0.25, 0.3) is 11.6 Å². The molecule has 1 aliphatic rings. The van der Waals surface area contributed by atoms with Crippen molar-refractivity contribution in [1.82, 2.24) is 10.2 Å². The van der Waals surface area contributed by atoms with Gasteiger partial charge < -0.3 is 5.32 Å². The van der Waals surface area contributed by atoms with Crippen LogP contribution in [0.1, 0.15) is 33.1 Å². The molecule has 0 bridgehead atoms. The van der Waals surface area contributed by atoms with Crippen molar-refractivity contribution >= 4 is 22.9 Å². The van der Waals surface area contributed by atoms with Crippen LogP contribution >= 0.6 is 11.3 Å². The topological polar surface area (TPSA) is 75.5 Å². The first kappa shape index (κ1) is 19.3. The van der Waals surface area contributed by atoms with E-state index in [2.05, 4.69) is 51.3 Å². The van der Waals surface area contributed by atoms with Crippen LogP contribution in [0.3, 0.4) is 0 Å². The van der Waals surface area contributed by atoms with Crippen LogP contribution in [-0.4, -0.2) is 28.8 Å². The number of thiophene rings is 1. The summed E-state index contributed by atoms with van der Waals surface area (Å²) in [5.74, 6) is -0.225. The zero-order chi connectivity index (χ0) is 20.2. The minimum Gasteiger partial charge on any atom is -0.350 e. The third-order valence-electron chi connectivity index (χ3n) is 5.33. The highest BCUT2D eigenvalue weighted by molar-refractivity contribution is 7.08. The zero-order valence-electron chi connectivity index (χ0n) is 15.8. The summed E-state index contributed by atoms with van der Waals surface area (Å²) in [6, 6.07) is 16.4. The molecule has 148 valence electrons. The van der Waals surface area contributed by atoms with E-state index in [0.29, 0.717) is 12.1 Å². The Kier molecular flexibility index (Phi) is 5.69. The third kappa shape index (κ3) is 4.36. The second-order valence-electron chi connectivity index (χ2n) is 7.08. The molecule has 0 spiro atoms. The van der Waals surface area contributed by atoms with Crippen molar-refractivity contribution in [3.63, 3.8) is 0 Å². The van der Waals surface area contributed by atoms with Crippen molar-refractivity contribution in [1.29, 1.82) is 0 Å². The smallest absolute Gasteiger partial charge is 0.269 e. The Morgan fingerprint density at radius 2 is 1.90 bits per heavy atom. The number of hydrogen-bond donors (Lipinski definition) is 1. The molecule has 29 heavy (non-hydrogen) atoms. The van der Waals surface area contributed by atoms with E-state index < -0.39 is 4.92 Å². The second kappa shape index (κ2) is 8.55. The van der Waals surface area contributed by atoms with Gasteiger partial charge in [-0.25, -0.2) is 0 Å². The van der Waals surface area contributed by atoms with Crippen LogP contribution in [-0.2, 0) is 13.0 Å². The number of amides is 1. The van der Waals surface area contributed by atoms with E-state index in [1.807, 2.05) is 0 Å². The molecule has 4 rings (SSSR count). The summed E-state index contributed by atoms with van der Waals surface area (Å²) in [6.45, 7) is 2.27. The number of benzene rings is 2. The largest absolute Gasteiger partial charge is 0.350 e. The molecular formula is C22H21N3O3S. The fourth-order valence-corrected chi connectivity index (χ4v) is 4.44. The molecule has 0 saturated carbocycles. The number of carbonyl (C=O) groups is 1. The molecule has 1 aliphatic heterocycles. The van der Waals surface area contributed by atoms with Crippen molar-refractivity contribution in [2.45, 2.75) is 19.0 Å². The number of nitro groups is 1. The van der Waals surface area contributed by atoms with Gasteiger partial charge >= 0.3 is 0 Å². The molecule has 6 nitrogen and oxygen atoms in total. The first-order valence-electron chi connectivity index (χ1n) is 9.47. The standard InChI is InChI=1S/C22H21N3O3S/c26-22(17-5-7-20(8-6-17)25(27)28)23-13-21(19-10-12-29-15-19)24-11-9-16-3-1-2-4-18(16)14-24/h1-8,10,12,15,21H,9,11,13-14H2,(H,23,26). The van der Waals surface area contributed by atoms with Gasteiger partial charge in [0.15, 0.2) is 0 Å². The molecule has 2 aromatic carbocycles. The van der Waals surface area contributed by atoms with Crippen LogP contribution in [0, 0.1) is 10.1 Å². The quantitative estimate of drug-likeness (QED) is 0.491. The van der Waals surface area contributed by atoms with Crippen LogP contribution in [0.2, 0.25) is 0 Å². The minimum atomic E-state index is -0.470. The first-order chi connectivity index (χ1) is 14.1. The first-order valence-corrected chi connectivity index (χ1v) is 10.4. The summed E-state index contributed by atoms with van der Waals surface area (Å²) in [5, 5.41) is 18.0. The van der Waals surface area contributed by atoms with Crippen LogP contribution in [0.15, 0.2) is 65.4 Å². The van der Waals surface area contributed by atoms with Gasteiger partial charge in [-0.3, -0.25) is 19.8 Å². The molecule has 0 saturated heterocycles. The third-order valence-corrected chi connectivity index (χ3v) is 6.03. The van der Waals surface area contributed by atoms with Gasteiger partial charge in [-0.2, -0.15) is 11.3 Å². The van der Waals surface area contributed by atoms with Crippen LogP contribution in [0.25, 0.3) is 0 Å². The van der Waals surface area contributed by atoms with E-state index in [-0.39, 0.29) is 17.6 Å². The maximum atomic E-state index is 12.6. The summed E-state index contributed by atoms with van der Waals surface area (Å²) in [5.41, 5.74) is 4.31. The molecule has 0 fully saturated rings. The average Bonchev–Trinajstić information content (AvgIpc) is 3.28. The van der Waals surface area contributed by atoms with Crippen molar-refractivity contribution in [3.05, 3.63) is 97.7 Å². The molecule has 1 atom stereocenters. The molecule has 1 aromatic heterocycles. The van der Waals surface area contributed by atoms with Crippen molar-refractivity contribution < 1.29 is 9.72 Å². The predicted molar refractivity (Wildman–Crippen MR) is 113 cm³/mol. The normalized spacial score (nSPS) is 14.8. The van der Waals surface area contributed by atoms with Gasteiger partial charge in [-0.05, 0) is 52.1 Å². The molecule has 1 unspecified atom stereocenters. The van der Waals surface area contributed by atoms with Crippen LogP contribution in [0.5, 0.6) is 0 Å². The van der Waals surface area contributed by atoms with Gasteiger partial charge in [-0.15, -0.1) is 0 Å². The van der Waals surface area contributed by atoms with Crippen LogP contribution in [0.4, 0.5) is 5.69 Å². The van der Waals surface area contributed by atoms with Gasteiger partial charge in [0.2, 0.25) is 0 Å². The monoisotopic (exact) mass is 407 g/mol. The number of nitrogens with one attached hydrogen (secondary N) is 1. The lowest BCUT2D eigenvalue weighted by molar-refractivity contribution is -0.384. The van der Waals surface area contributed by atoms with Gasteiger partial charge in [-0.1, -0.05) is 24.3 Å². The lowest BCUT2D eigenvalue weighted by atomic mass is 9.97. The molecule has 0 radical (unpaired) electrons. The lowest BCUT2D eigenvalue weighted by Gasteiger charge is -2.35. The van der Waals surface area contributed by atoms with E-state index in [1.165, 1.54) is 41.0 Å². The highest BCUT2D eigenvalue weighted by Crippen LogP contribution is 2.28. The number of nitrogens with zero attached hydrogens (tertiary/aromatic N) is 2. The zero-order valence-corrected chi connectivity index (χ0v) is 16.6. The molecule has 3 aromatic rings. The number of non-ortho nitro benzene ring substituents is 1. The fraction of sp³-hybridized carbons (Fsp3) is 0.227. The molecule has 2 heterocycles. The SMILES string of the molecule is O=C(NCC(c1ccsc1)N1CCc2ccccc2C1)c1ccc([N+](=O)[O-])cc1. The molecule has 0 aliphatic carbocycles. The highest BCUT2D eigenvalue weighted by atomic mass is 32.1. The molecule has 1 amide bonds. The van der Waals surface area contributed by atoms with Crippen molar-refractivity contribution in [2.75, 3.05) is 13.1 Å². The Morgan fingerprint density at radius 3 is 2.59 bits per heavy atom. The summed E-state index contributed by atoms with van der Waals surface area (Å²) in [4.78, 5) is 25.3. The number of nitro benzene ring substituents is 1. The summed E-state index contributed by atoms with van der Waals surface area (Å²) in [6.07, 6.45) is 0.993. The Hall–Kier alpha value is -3.03. The molecule has 1 N–H and O–H groups in total. The Labute approximate surface area is 172 Å². The van der Waals surface area contributed by atoms with Gasteiger partial charge in [0, 0.05) is 37.3 Å². The van der Waals surface area contributed by atoms with Gasteiger partial charge in [0.1, 0.15) is 0 Å². The fourth-order valence-electron chi connectivity index (χ4n) is 3.73. The maximum Gasteiger partial charge on any atom is 0.269 e. The van der Waals surface area contributed by atoms with Crippen LogP contribution < -0.4 is 5.32 Å². The Morgan fingerprint density at radius 1 is 1.14 bits per heavy atom. The molecule has 7 heteroatoms. The summed E-state index contributed by atoms with van der Waals surface area (Å²) in [7, 11) is 0. The van der Waals surface area contributed by atoms with E-state index in [0.717, 1.165) is 19.5 Å². The highest BCUT2D eigenvalue weighted by Gasteiger charge is 2.25. The second-order valence-corrected chi connectivity index (χ2v) is 7.86. The van der Waals surface area contributed by atoms with E-state index in [1.54, 1.807) is 11.3 Å².